The van der Waals surface area contributed by atoms with E-state index in [0.717, 1.165) is 53.3 Å². The number of aliphatic imine (C=N–C) groups is 1. The summed E-state index contributed by atoms with van der Waals surface area (Å²) in [4.78, 5) is 9.20. The van der Waals surface area contributed by atoms with E-state index in [9.17, 15) is 19.4 Å². The molecule has 0 atom stereocenters. The number of anilines is 1. The maximum absolute atomic E-state index is 12.7. The Morgan fingerprint density at radius 3 is 2.36 bits per heavy atom. The van der Waals surface area contributed by atoms with Crippen LogP contribution in [0.15, 0.2) is 65.6 Å². The van der Waals surface area contributed by atoms with Gasteiger partial charge in [0.2, 0.25) is 0 Å². The molecule has 1 aromatic heterocycles. The molecule has 0 unspecified atom stereocenters. The van der Waals surface area contributed by atoms with Gasteiger partial charge in [-0.05, 0) is 87.2 Å². The number of imidazole rings is 1. The second kappa shape index (κ2) is 8.38. The van der Waals surface area contributed by atoms with Crippen molar-refractivity contribution >= 4 is 28.1 Å². The molecule has 0 N–H and O–H groups in total. The summed E-state index contributed by atoms with van der Waals surface area (Å²) in [5.74, 6) is 0.448. The topological polar surface area (TPSA) is 55.1 Å². The van der Waals surface area contributed by atoms with Crippen LogP contribution >= 0.6 is 10.5 Å². The van der Waals surface area contributed by atoms with Crippen LogP contribution in [0.2, 0.25) is 0 Å². The Labute approximate surface area is 223 Å². The summed E-state index contributed by atoms with van der Waals surface area (Å²) >= 11 is 0. The van der Waals surface area contributed by atoms with Crippen LogP contribution in [0.1, 0.15) is 37.9 Å². The van der Waals surface area contributed by atoms with E-state index < -0.39 is 21.9 Å². The number of benzene rings is 2. The smallest absolute Gasteiger partial charge is 0.435 e. The van der Waals surface area contributed by atoms with Crippen molar-refractivity contribution in [1.29, 1.82) is 0 Å². The molecule has 2 aliphatic heterocycles. The van der Waals surface area contributed by atoms with Gasteiger partial charge >= 0.3 is 10.5 Å². The van der Waals surface area contributed by atoms with E-state index in [1.807, 2.05) is 65.8 Å². The lowest BCUT2D eigenvalue weighted by Crippen LogP contribution is -2.51. The zero-order chi connectivity index (χ0) is 28.3. The highest BCUT2D eigenvalue weighted by Gasteiger charge is 2.67. The minimum atomic E-state index is -10.1. The molecular formula is C26H28F5N5O2S. The van der Waals surface area contributed by atoms with Crippen molar-refractivity contribution in [2.75, 3.05) is 18.7 Å². The fourth-order valence-electron chi connectivity index (χ4n) is 4.90. The van der Waals surface area contributed by atoms with Gasteiger partial charge in [-0.15, -0.1) is 0 Å². The SMILES string of the molecule is COc1cc(/C=C2\CCCN3C2=NC(C)(C)N3c2ccc(OS(F)(F)(F)(F)F)cc2)ccc1-n1cnc(C)c1. The number of hydrogen-bond acceptors (Lipinski definition) is 6. The number of methoxy groups -OCH3 is 1. The molecule has 7 nitrogen and oxygen atoms in total. The highest BCUT2D eigenvalue weighted by molar-refractivity contribution is 8.42. The third kappa shape index (κ3) is 5.82. The predicted octanol–water partition coefficient (Wildman–Crippen LogP) is 7.83. The van der Waals surface area contributed by atoms with E-state index in [1.54, 1.807) is 13.4 Å². The molecule has 1 saturated heterocycles. The fraction of sp³-hybridized carbons (Fsp3) is 0.308. The second-order valence-corrected chi connectivity index (χ2v) is 11.9. The van der Waals surface area contributed by atoms with Gasteiger partial charge < -0.3 is 13.5 Å². The quantitative estimate of drug-likeness (QED) is 0.283. The molecule has 0 bridgehead atoms. The van der Waals surface area contributed by atoms with Gasteiger partial charge in [0.05, 0.1) is 30.5 Å². The molecule has 0 spiro atoms. The van der Waals surface area contributed by atoms with E-state index in [2.05, 4.69) is 9.17 Å². The molecule has 13 heteroatoms. The minimum Gasteiger partial charge on any atom is -0.495 e. The number of aromatic nitrogens is 2. The maximum Gasteiger partial charge on any atom is 0.435 e. The zero-order valence-electron chi connectivity index (χ0n) is 21.7. The highest BCUT2D eigenvalue weighted by atomic mass is 32.5. The molecule has 39 heavy (non-hydrogen) atoms. The Morgan fingerprint density at radius 1 is 1.03 bits per heavy atom. The summed E-state index contributed by atoms with van der Waals surface area (Å²) in [5, 5.41) is 3.82. The van der Waals surface area contributed by atoms with E-state index in [4.69, 9.17) is 9.73 Å². The first-order valence-electron chi connectivity index (χ1n) is 12.1. The van der Waals surface area contributed by atoms with Crippen LogP contribution in [0, 0.1) is 6.92 Å². The lowest BCUT2D eigenvalue weighted by molar-refractivity contribution is 0.243. The monoisotopic (exact) mass is 569 g/mol. The van der Waals surface area contributed by atoms with E-state index in [0.29, 0.717) is 18.0 Å². The molecule has 3 aromatic rings. The number of hydrogen-bond donors (Lipinski definition) is 0. The lowest BCUT2D eigenvalue weighted by atomic mass is 10.0. The van der Waals surface area contributed by atoms with Gasteiger partial charge in [0, 0.05) is 12.7 Å². The Hall–Kier alpha value is -3.74. The van der Waals surface area contributed by atoms with Gasteiger partial charge in [0.1, 0.15) is 23.0 Å². The number of rotatable bonds is 6. The number of halogens is 5. The van der Waals surface area contributed by atoms with Gasteiger partial charge in [-0.1, -0.05) is 25.5 Å². The normalized spacial score (nSPS) is 19.8. The van der Waals surface area contributed by atoms with Crippen LogP contribution in [-0.2, 0) is 0 Å². The van der Waals surface area contributed by atoms with E-state index >= 15 is 0 Å². The van der Waals surface area contributed by atoms with Crippen LogP contribution in [0.4, 0.5) is 25.1 Å². The molecule has 3 heterocycles. The fourth-order valence-corrected chi connectivity index (χ4v) is 5.37. The van der Waals surface area contributed by atoms with Crippen LogP contribution in [0.25, 0.3) is 11.8 Å². The first-order chi connectivity index (χ1) is 18.0. The number of nitrogens with zero attached hydrogens (tertiary/aromatic N) is 5. The summed E-state index contributed by atoms with van der Waals surface area (Å²) < 4.78 is 74.5. The van der Waals surface area contributed by atoms with E-state index in [1.165, 1.54) is 12.1 Å². The van der Waals surface area contributed by atoms with Crippen molar-refractivity contribution < 1.29 is 28.3 Å². The number of fused-ring (bicyclic) bond motifs is 1. The number of ether oxygens (including phenoxy) is 1. The van der Waals surface area contributed by atoms with Crippen molar-refractivity contribution in [2.24, 2.45) is 4.99 Å². The molecule has 2 aliphatic rings. The van der Waals surface area contributed by atoms with Crippen molar-refractivity contribution in [3.63, 3.8) is 0 Å². The Bertz CT molecular complexity index is 1480. The van der Waals surface area contributed by atoms with Crippen LogP contribution in [-0.4, -0.2) is 39.7 Å². The van der Waals surface area contributed by atoms with E-state index in [-0.39, 0.29) is 0 Å². The molecule has 0 amide bonds. The third-order valence-corrected chi connectivity index (χ3v) is 6.86. The Kier molecular flexibility index (Phi) is 5.77. The largest absolute Gasteiger partial charge is 0.495 e. The first kappa shape index (κ1) is 26.9. The molecule has 210 valence electrons. The van der Waals surface area contributed by atoms with Gasteiger partial charge in [-0.25, -0.2) is 9.98 Å². The average molecular weight is 570 g/mol. The molecule has 0 aliphatic carbocycles. The molecule has 1 fully saturated rings. The lowest BCUT2D eigenvalue weighted by Gasteiger charge is -2.41. The van der Waals surface area contributed by atoms with Crippen LogP contribution in [0.3, 0.4) is 0 Å². The predicted molar refractivity (Wildman–Crippen MR) is 143 cm³/mol. The number of amidine groups is 1. The second-order valence-electron chi connectivity index (χ2n) is 9.97. The molecule has 0 radical (unpaired) electrons. The van der Waals surface area contributed by atoms with Gasteiger partial charge in [-0.3, -0.25) is 10.0 Å². The molecular weight excluding hydrogens is 541 g/mol. The van der Waals surface area contributed by atoms with Gasteiger partial charge in [-0.2, -0.15) is 0 Å². The summed E-state index contributed by atoms with van der Waals surface area (Å²) in [5.41, 5.74) is 3.37. The van der Waals surface area contributed by atoms with Crippen LogP contribution < -0.4 is 13.9 Å². The minimum absolute atomic E-state index is 0.496. The summed E-state index contributed by atoms with van der Waals surface area (Å²) in [6, 6.07) is 10.3. The Morgan fingerprint density at radius 2 is 1.74 bits per heavy atom. The van der Waals surface area contributed by atoms with Crippen molar-refractivity contribution in [3.05, 3.63) is 71.8 Å². The number of hydrazine groups is 1. The maximum atomic E-state index is 12.7. The highest BCUT2D eigenvalue weighted by Crippen LogP contribution is 2.97. The summed E-state index contributed by atoms with van der Waals surface area (Å²) in [7, 11) is -8.45. The zero-order valence-corrected chi connectivity index (χ0v) is 22.6. The van der Waals surface area contributed by atoms with Crippen LogP contribution in [0.5, 0.6) is 11.5 Å². The van der Waals surface area contributed by atoms with Gasteiger partial charge in [0.15, 0.2) is 0 Å². The third-order valence-electron chi connectivity index (χ3n) is 6.36. The number of aryl methyl sites for hydroxylation is 1. The van der Waals surface area contributed by atoms with Crippen molar-refractivity contribution in [2.45, 2.75) is 39.3 Å². The molecule has 5 rings (SSSR count). The van der Waals surface area contributed by atoms with Crippen molar-refractivity contribution in [1.82, 2.24) is 14.6 Å². The average Bonchev–Trinajstić information content (AvgIpc) is 3.37. The summed E-state index contributed by atoms with van der Waals surface area (Å²) in [6.45, 7) is 6.29. The number of piperidine rings is 1. The standard InChI is InChI=1S/C26H28F5N5O2S/c1-18-16-34(17-32-18)23-12-7-19(15-24(23)37-4)14-20-6-5-13-35-25(20)33-26(2,3)36(35)21-8-10-22(11-9-21)38-39(27,28,29,30)31/h7-12,14-17H,5-6,13H2,1-4H3/b20-14+. The molecule has 0 saturated carbocycles. The summed E-state index contributed by atoms with van der Waals surface area (Å²) in [6.07, 6.45) is 7.27. The first-order valence-corrected chi connectivity index (χ1v) is 14.0. The van der Waals surface area contributed by atoms with Crippen molar-refractivity contribution in [3.8, 4) is 17.2 Å². The Balaban J connectivity index is 1.43. The molecule has 2 aromatic carbocycles. The van der Waals surface area contributed by atoms with Gasteiger partial charge in [0.25, 0.3) is 0 Å².